The molecule has 0 aliphatic heterocycles. The van der Waals surface area contributed by atoms with Crippen molar-refractivity contribution in [1.29, 1.82) is 0 Å². The van der Waals surface area contributed by atoms with Gasteiger partial charge in [-0.3, -0.25) is 0 Å². The van der Waals surface area contributed by atoms with Gasteiger partial charge in [0, 0.05) is 4.28 Å². The van der Waals surface area contributed by atoms with Crippen LogP contribution in [0.2, 0.25) is 0 Å². The molecule has 0 atom stereocenters. The molecule has 0 spiro atoms. The maximum absolute atomic E-state index is 2.58. The average molecular weight is 383 g/mol. The first kappa shape index (κ1) is 23.3. The molecule has 3 fully saturated rings. The zero-order chi connectivity index (χ0) is 19.9. The van der Waals surface area contributed by atoms with Gasteiger partial charge in [0.2, 0.25) is 0 Å². The van der Waals surface area contributed by atoms with Gasteiger partial charge in [-0.05, 0) is 66.6 Å². The Hall–Kier alpha value is 0. The van der Waals surface area contributed by atoms with Crippen LogP contribution in [0.4, 0.5) is 0 Å². The topological polar surface area (TPSA) is 0 Å². The molecule has 0 nitrogen and oxygen atoms in total. The van der Waals surface area contributed by atoms with E-state index in [1.54, 1.807) is 0 Å². The Balaban J connectivity index is 0. The lowest BCUT2D eigenvalue weighted by molar-refractivity contribution is 0.0421. The minimum atomic E-state index is 0. The normalized spacial score (nSPS) is 38.0. The van der Waals surface area contributed by atoms with Crippen LogP contribution < -0.4 is 0 Å². The molecule has 0 aromatic rings. The van der Waals surface area contributed by atoms with Crippen molar-refractivity contribution < 1.29 is 4.28 Å². The molecule has 3 saturated carbocycles. The Bertz CT molecular complexity index is 349. The Morgan fingerprint density at radius 3 is 1.11 bits per heavy atom. The van der Waals surface area contributed by atoms with Crippen molar-refractivity contribution in [2.75, 3.05) is 0 Å². The molecule has 0 radical (unpaired) electrons. The molecule has 0 aromatic carbocycles. The minimum absolute atomic E-state index is 0. The summed E-state index contributed by atoms with van der Waals surface area (Å²) in [7, 11) is 0. The fraction of sp³-hybridized carbons (Fsp3) is 1.00. The van der Waals surface area contributed by atoms with E-state index in [0.717, 1.165) is 35.5 Å². The predicted molar refractivity (Wildman–Crippen MR) is 128 cm³/mol. The molecule has 3 aliphatic rings. The first-order valence-corrected chi connectivity index (χ1v) is 12.9. The number of hydrogen-bond donors (Lipinski definition) is 0. The van der Waals surface area contributed by atoms with E-state index in [4.69, 9.17) is 0 Å². The summed E-state index contributed by atoms with van der Waals surface area (Å²) in [5.74, 6) is 6.15. The van der Waals surface area contributed by atoms with Crippen molar-refractivity contribution in [2.24, 2.45) is 40.9 Å². The van der Waals surface area contributed by atoms with Crippen molar-refractivity contribution >= 4 is 0 Å². The average Bonchev–Trinajstić information content (AvgIpc) is 2.69. The lowest BCUT2D eigenvalue weighted by atomic mass is 9.59. The van der Waals surface area contributed by atoms with Gasteiger partial charge < -0.3 is 0 Å². The third-order valence-electron chi connectivity index (χ3n) is 9.26. The van der Waals surface area contributed by atoms with E-state index in [9.17, 15) is 0 Å². The maximum atomic E-state index is 2.58. The molecule has 0 amide bonds. The highest BCUT2D eigenvalue weighted by Crippen LogP contribution is 2.49. The highest BCUT2D eigenvalue weighted by Gasteiger charge is 2.39. The van der Waals surface area contributed by atoms with Crippen LogP contribution >= 0.6 is 0 Å². The molecule has 0 N–H and O–H groups in total. The summed E-state index contributed by atoms with van der Waals surface area (Å²) in [6.07, 6.45) is 20.8. The summed E-state index contributed by atoms with van der Waals surface area (Å²) in [5, 5.41) is 0. The van der Waals surface area contributed by atoms with Crippen LogP contribution in [0.25, 0.3) is 0 Å². The number of rotatable bonds is 4. The summed E-state index contributed by atoms with van der Waals surface area (Å²) in [6, 6.07) is 0. The van der Waals surface area contributed by atoms with E-state index in [1.807, 2.05) is 0 Å². The van der Waals surface area contributed by atoms with Gasteiger partial charge in [-0.2, -0.15) is 0 Å². The van der Waals surface area contributed by atoms with Crippen LogP contribution in [-0.4, -0.2) is 0 Å². The van der Waals surface area contributed by atoms with E-state index in [0.29, 0.717) is 5.41 Å². The van der Waals surface area contributed by atoms with Crippen molar-refractivity contribution in [3.63, 3.8) is 0 Å². The van der Waals surface area contributed by atoms with Gasteiger partial charge in [-0.15, -0.1) is 0 Å². The molecular weight excluding hydrogens is 324 g/mol. The van der Waals surface area contributed by atoms with Gasteiger partial charge >= 0.3 is 0 Å². The zero-order valence-corrected chi connectivity index (χ0v) is 19.9. The molecule has 3 rings (SSSR count). The van der Waals surface area contributed by atoms with Crippen molar-refractivity contribution in [3.8, 4) is 0 Å². The van der Waals surface area contributed by atoms with Crippen LogP contribution in [0, 0.1) is 40.9 Å². The van der Waals surface area contributed by atoms with Crippen LogP contribution in [0.5, 0.6) is 0 Å². The van der Waals surface area contributed by atoms with Crippen LogP contribution in [0.15, 0.2) is 0 Å². The molecule has 0 saturated heterocycles. The molecule has 0 bridgehead atoms. The van der Waals surface area contributed by atoms with Gasteiger partial charge in [0.25, 0.3) is 0 Å². The van der Waals surface area contributed by atoms with Gasteiger partial charge in [-0.1, -0.05) is 106 Å². The second kappa shape index (κ2) is 11.3. The molecule has 0 unspecified atom stereocenters. The summed E-state index contributed by atoms with van der Waals surface area (Å²) >= 11 is 0. The highest BCUT2D eigenvalue weighted by molar-refractivity contribution is 4.89. The van der Waals surface area contributed by atoms with E-state index < -0.39 is 0 Å². The van der Waals surface area contributed by atoms with E-state index >= 15 is 0 Å². The van der Waals surface area contributed by atoms with Crippen LogP contribution in [-0.2, 0) is 0 Å². The third kappa shape index (κ3) is 7.08. The van der Waals surface area contributed by atoms with E-state index in [2.05, 4.69) is 41.5 Å². The quantitative estimate of drug-likeness (QED) is 0.453. The SMILES string of the molecule is CC1CCC(C(C)(C)C2CCC(C)CC2)CC1.CCC1CCC(CC)CC1.[HH].[HH].[HH]. The van der Waals surface area contributed by atoms with Crippen molar-refractivity contribution in [3.05, 3.63) is 0 Å². The highest BCUT2D eigenvalue weighted by atomic mass is 14.4. The first-order valence-electron chi connectivity index (χ1n) is 12.9. The second-order valence-electron chi connectivity index (χ2n) is 11.4. The molecule has 0 heteroatoms. The predicted octanol–water partition coefficient (Wildman–Crippen LogP) is 10.0. The summed E-state index contributed by atoms with van der Waals surface area (Å²) in [4.78, 5) is 0. The van der Waals surface area contributed by atoms with Crippen LogP contribution in [0.1, 0.15) is 136 Å². The van der Waals surface area contributed by atoms with Gasteiger partial charge in [-0.25, -0.2) is 0 Å². The summed E-state index contributed by atoms with van der Waals surface area (Å²) in [5.41, 5.74) is 0.611. The van der Waals surface area contributed by atoms with Gasteiger partial charge in [0.1, 0.15) is 0 Å². The van der Waals surface area contributed by atoms with Crippen molar-refractivity contribution in [2.45, 2.75) is 131 Å². The molecule has 0 aromatic heterocycles. The fourth-order valence-electron chi connectivity index (χ4n) is 6.39. The van der Waals surface area contributed by atoms with Crippen LogP contribution in [0.3, 0.4) is 0 Å². The van der Waals surface area contributed by atoms with E-state index in [-0.39, 0.29) is 4.28 Å². The lowest BCUT2D eigenvalue weighted by Crippen LogP contribution is -2.36. The second-order valence-corrected chi connectivity index (χ2v) is 11.4. The molecule has 166 valence electrons. The monoisotopic (exact) mass is 382 g/mol. The Morgan fingerprint density at radius 1 is 0.556 bits per heavy atom. The molecule has 27 heavy (non-hydrogen) atoms. The lowest BCUT2D eigenvalue weighted by Gasteiger charge is -2.46. The van der Waals surface area contributed by atoms with E-state index in [1.165, 1.54) is 89.9 Å². The third-order valence-corrected chi connectivity index (χ3v) is 9.26. The largest absolute Gasteiger partial charge is 0.0651 e. The molecule has 3 aliphatic carbocycles. The summed E-state index contributed by atoms with van der Waals surface area (Å²) < 4.78 is 0. The van der Waals surface area contributed by atoms with Gasteiger partial charge in [0.05, 0.1) is 0 Å². The van der Waals surface area contributed by atoms with Gasteiger partial charge in [0.15, 0.2) is 0 Å². The minimum Gasteiger partial charge on any atom is -0.0651 e. The Kier molecular flexibility index (Phi) is 9.70. The standard InChI is InChI=1S/C17H32.C10H20.3H2/c1-13-5-9-15(10-6-13)17(3,4)16-11-7-14(2)8-12-16;1-3-9-5-7-10(4-2)8-6-9;;;/h13-16H,5-12H2,1-4H3;9-10H,3-8H2,1-2H3;3*1H. The summed E-state index contributed by atoms with van der Waals surface area (Å²) in [6.45, 7) is 14.7. The Morgan fingerprint density at radius 2 is 0.852 bits per heavy atom. The smallest absolute Gasteiger partial charge is 0 e. The maximum Gasteiger partial charge on any atom is 0 e. The van der Waals surface area contributed by atoms with Crippen molar-refractivity contribution in [1.82, 2.24) is 0 Å². The molecular formula is C27H58. The fourth-order valence-corrected chi connectivity index (χ4v) is 6.39. The first-order chi connectivity index (χ1) is 12.9. The number of hydrogen-bond acceptors (Lipinski definition) is 0. The zero-order valence-electron chi connectivity index (χ0n) is 19.9. The molecule has 0 heterocycles. The Labute approximate surface area is 177 Å².